The minimum atomic E-state index is -4.07. The van der Waals surface area contributed by atoms with Gasteiger partial charge in [-0.3, -0.25) is 9.10 Å². The summed E-state index contributed by atoms with van der Waals surface area (Å²) in [5, 5.41) is 4.08. The van der Waals surface area contributed by atoms with Crippen molar-refractivity contribution in [3.63, 3.8) is 0 Å². The first kappa shape index (κ1) is 27.9. The highest BCUT2D eigenvalue weighted by molar-refractivity contribution is 9.10. The van der Waals surface area contributed by atoms with Gasteiger partial charge in [-0.2, -0.15) is 5.10 Å². The van der Waals surface area contributed by atoms with Crippen LogP contribution in [0.15, 0.2) is 112 Å². The summed E-state index contributed by atoms with van der Waals surface area (Å²) in [6.45, 7) is 0.0119. The van der Waals surface area contributed by atoms with E-state index < -0.39 is 15.9 Å². The molecule has 0 fully saturated rings. The van der Waals surface area contributed by atoms with Crippen molar-refractivity contribution >= 4 is 43.8 Å². The highest BCUT2D eigenvalue weighted by Crippen LogP contribution is 2.30. The van der Waals surface area contributed by atoms with Gasteiger partial charge in [0.2, 0.25) is 0 Å². The van der Waals surface area contributed by atoms with Crippen molar-refractivity contribution in [2.75, 3.05) is 18.5 Å². The second kappa shape index (κ2) is 12.6. The SMILES string of the molecule is COc1ccc(S(=O)(=O)N(Cc2ccccc2)c2ccccc2C(=O)N/N=C\c2cc(Br)ccc2OC)cc1. The molecule has 0 spiro atoms. The van der Waals surface area contributed by atoms with E-state index >= 15 is 0 Å². The number of para-hydroxylation sites is 1. The van der Waals surface area contributed by atoms with Gasteiger partial charge in [0.15, 0.2) is 0 Å². The summed E-state index contributed by atoms with van der Waals surface area (Å²) in [6.07, 6.45) is 1.46. The Balaban J connectivity index is 1.70. The molecular formula is C29H26BrN3O5S. The van der Waals surface area contributed by atoms with Crippen LogP contribution in [0.2, 0.25) is 0 Å². The van der Waals surface area contributed by atoms with Crippen LogP contribution in [0.3, 0.4) is 0 Å². The predicted octanol–water partition coefficient (Wildman–Crippen LogP) is 5.63. The molecule has 0 aromatic heterocycles. The number of nitrogens with zero attached hydrogens (tertiary/aromatic N) is 2. The molecule has 0 atom stereocenters. The number of amides is 1. The van der Waals surface area contributed by atoms with Gasteiger partial charge in [-0.25, -0.2) is 13.8 Å². The zero-order valence-corrected chi connectivity index (χ0v) is 23.6. The molecule has 200 valence electrons. The zero-order chi connectivity index (χ0) is 27.8. The van der Waals surface area contributed by atoms with Gasteiger partial charge in [0.05, 0.1) is 43.1 Å². The Hall–Kier alpha value is -4.15. The molecule has 0 unspecified atom stereocenters. The molecule has 4 aromatic rings. The van der Waals surface area contributed by atoms with Gasteiger partial charge in [-0.1, -0.05) is 58.4 Å². The number of nitrogens with one attached hydrogen (secondary N) is 1. The molecule has 10 heteroatoms. The average molecular weight is 609 g/mol. The minimum Gasteiger partial charge on any atom is -0.497 e. The first-order chi connectivity index (χ1) is 18.8. The van der Waals surface area contributed by atoms with Crippen LogP contribution in [-0.2, 0) is 16.6 Å². The lowest BCUT2D eigenvalue weighted by Crippen LogP contribution is -2.33. The lowest BCUT2D eigenvalue weighted by atomic mass is 10.1. The Morgan fingerprint density at radius 2 is 1.62 bits per heavy atom. The van der Waals surface area contributed by atoms with Crippen molar-refractivity contribution in [3.05, 3.63) is 118 Å². The summed E-state index contributed by atoms with van der Waals surface area (Å²) in [7, 11) is -1.02. The topological polar surface area (TPSA) is 97.3 Å². The van der Waals surface area contributed by atoms with Crippen LogP contribution in [0.4, 0.5) is 5.69 Å². The van der Waals surface area contributed by atoms with Gasteiger partial charge in [0.25, 0.3) is 15.9 Å². The molecule has 0 bridgehead atoms. The Morgan fingerprint density at radius 3 is 2.31 bits per heavy atom. The number of sulfonamides is 1. The summed E-state index contributed by atoms with van der Waals surface area (Å²) in [6, 6.07) is 27.2. The maximum absolute atomic E-state index is 13.9. The van der Waals surface area contributed by atoms with E-state index in [0.29, 0.717) is 17.1 Å². The number of benzene rings is 4. The number of carbonyl (C=O) groups is 1. The fraction of sp³-hybridized carbons (Fsp3) is 0.103. The van der Waals surface area contributed by atoms with E-state index in [1.54, 1.807) is 55.6 Å². The summed E-state index contributed by atoms with van der Waals surface area (Å²) in [4.78, 5) is 13.3. The van der Waals surface area contributed by atoms with E-state index in [2.05, 4.69) is 26.5 Å². The number of anilines is 1. The van der Waals surface area contributed by atoms with Gasteiger partial charge in [0, 0.05) is 10.0 Å². The number of hydrogen-bond acceptors (Lipinski definition) is 6. The van der Waals surface area contributed by atoms with Crippen LogP contribution in [0.5, 0.6) is 11.5 Å². The van der Waals surface area contributed by atoms with E-state index in [9.17, 15) is 13.2 Å². The molecule has 0 saturated carbocycles. The fourth-order valence-corrected chi connectivity index (χ4v) is 5.68. The van der Waals surface area contributed by atoms with Crippen LogP contribution in [0.25, 0.3) is 0 Å². The standard InChI is InChI=1S/C29H26BrN3O5S/c1-37-24-13-15-25(16-14-24)39(35,36)33(20-21-8-4-3-5-9-21)27-11-7-6-10-26(27)29(34)32-31-19-22-18-23(30)12-17-28(22)38-2/h3-19H,20H2,1-2H3,(H,32,34)/b31-19-. The van der Waals surface area contributed by atoms with Crippen molar-refractivity contribution in [1.82, 2.24) is 5.43 Å². The molecule has 0 aliphatic heterocycles. The number of hydrazone groups is 1. The van der Waals surface area contributed by atoms with Gasteiger partial charge < -0.3 is 9.47 Å². The maximum Gasteiger partial charge on any atom is 0.273 e. The first-order valence-electron chi connectivity index (χ1n) is 11.8. The van der Waals surface area contributed by atoms with E-state index in [4.69, 9.17) is 9.47 Å². The molecule has 0 aliphatic rings. The lowest BCUT2D eigenvalue weighted by molar-refractivity contribution is 0.0955. The van der Waals surface area contributed by atoms with Crippen LogP contribution in [0.1, 0.15) is 21.5 Å². The Labute approximate surface area is 236 Å². The van der Waals surface area contributed by atoms with Gasteiger partial charge in [-0.05, 0) is 60.2 Å². The van der Waals surface area contributed by atoms with Crippen molar-refractivity contribution in [1.29, 1.82) is 0 Å². The molecule has 39 heavy (non-hydrogen) atoms. The summed E-state index contributed by atoms with van der Waals surface area (Å²) in [5.74, 6) is 0.540. The van der Waals surface area contributed by atoms with Crippen molar-refractivity contribution in [3.8, 4) is 11.5 Å². The molecule has 8 nitrogen and oxygen atoms in total. The largest absolute Gasteiger partial charge is 0.497 e. The fourth-order valence-electron chi connectivity index (χ4n) is 3.83. The molecule has 1 N–H and O–H groups in total. The number of hydrogen-bond donors (Lipinski definition) is 1. The average Bonchev–Trinajstić information content (AvgIpc) is 2.96. The van der Waals surface area contributed by atoms with Crippen molar-refractivity contribution in [2.24, 2.45) is 5.10 Å². The van der Waals surface area contributed by atoms with E-state index in [-0.39, 0.29) is 22.7 Å². The van der Waals surface area contributed by atoms with Gasteiger partial charge >= 0.3 is 0 Å². The number of rotatable bonds is 10. The third kappa shape index (κ3) is 6.65. The monoisotopic (exact) mass is 607 g/mol. The third-order valence-electron chi connectivity index (χ3n) is 5.80. The van der Waals surface area contributed by atoms with E-state index in [0.717, 1.165) is 10.0 Å². The normalized spacial score (nSPS) is 11.3. The number of halogens is 1. The number of carbonyl (C=O) groups excluding carboxylic acids is 1. The Morgan fingerprint density at radius 1 is 0.923 bits per heavy atom. The highest BCUT2D eigenvalue weighted by Gasteiger charge is 2.28. The molecular weight excluding hydrogens is 582 g/mol. The van der Waals surface area contributed by atoms with Crippen molar-refractivity contribution in [2.45, 2.75) is 11.4 Å². The molecule has 0 radical (unpaired) electrons. The summed E-state index contributed by atoms with van der Waals surface area (Å²) >= 11 is 3.41. The minimum absolute atomic E-state index is 0.0119. The molecule has 0 heterocycles. The number of ether oxygens (including phenoxy) is 2. The highest BCUT2D eigenvalue weighted by atomic mass is 79.9. The lowest BCUT2D eigenvalue weighted by Gasteiger charge is -2.26. The molecule has 4 rings (SSSR count). The summed E-state index contributed by atoms with van der Waals surface area (Å²) in [5.41, 5.74) is 4.26. The molecule has 1 amide bonds. The second-order valence-corrected chi connectivity index (χ2v) is 11.1. The Bertz CT molecular complexity index is 1580. The molecule has 0 aliphatic carbocycles. The quantitative estimate of drug-likeness (QED) is 0.186. The van der Waals surface area contributed by atoms with E-state index in [1.807, 2.05) is 36.4 Å². The smallest absolute Gasteiger partial charge is 0.273 e. The number of methoxy groups -OCH3 is 2. The zero-order valence-electron chi connectivity index (χ0n) is 21.2. The first-order valence-corrected chi connectivity index (χ1v) is 14.0. The predicted molar refractivity (Wildman–Crippen MR) is 155 cm³/mol. The second-order valence-electron chi connectivity index (χ2n) is 8.28. The van der Waals surface area contributed by atoms with Crippen molar-refractivity contribution < 1.29 is 22.7 Å². The van der Waals surface area contributed by atoms with E-state index in [1.165, 1.54) is 29.8 Å². The molecule has 4 aromatic carbocycles. The maximum atomic E-state index is 13.9. The van der Waals surface area contributed by atoms with Crippen LogP contribution in [-0.4, -0.2) is 34.8 Å². The van der Waals surface area contributed by atoms with Crippen LogP contribution >= 0.6 is 15.9 Å². The summed E-state index contributed by atoms with van der Waals surface area (Å²) < 4.78 is 40.4. The van der Waals surface area contributed by atoms with Gasteiger partial charge in [0.1, 0.15) is 11.5 Å². The third-order valence-corrected chi connectivity index (χ3v) is 8.06. The van der Waals surface area contributed by atoms with Crippen LogP contribution < -0.4 is 19.2 Å². The van der Waals surface area contributed by atoms with Crippen LogP contribution in [0, 0.1) is 0 Å². The van der Waals surface area contributed by atoms with Gasteiger partial charge in [-0.15, -0.1) is 0 Å². The molecule has 0 saturated heterocycles. The Kier molecular flexibility index (Phi) is 9.00.